The van der Waals surface area contributed by atoms with E-state index in [1.54, 1.807) is 22.7 Å². The zero-order chi connectivity index (χ0) is 60.3. The lowest BCUT2D eigenvalue weighted by Gasteiger charge is -2.21. The number of carbonyl (C=O) groups is 2. The van der Waals surface area contributed by atoms with Crippen molar-refractivity contribution in [1.29, 1.82) is 0 Å². The van der Waals surface area contributed by atoms with Crippen molar-refractivity contribution < 1.29 is 9.59 Å². The molecule has 4 nitrogen and oxygen atoms in total. The number of anilines is 2. The van der Waals surface area contributed by atoms with Gasteiger partial charge in [0.15, 0.2) is 0 Å². The molecule has 2 aliphatic rings. The summed E-state index contributed by atoms with van der Waals surface area (Å²) in [4.78, 5) is 35.9. The van der Waals surface area contributed by atoms with Crippen LogP contribution in [-0.2, 0) is 9.59 Å². The Balaban J connectivity index is 1.02. The highest BCUT2D eigenvalue weighted by molar-refractivity contribution is 9.11. The fourth-order valence-electron chi connectivity index (χ4n) is 14.5. The van der Waals surface area contributed by atoms with E-state index in [0.717, 1.165) is 55.8 Å². The molecule has 4 aromatic heterocycles. The first kappa shape index (κ1) is 69.8. The summed E-state index contributed by atoms with van der Waals surface area (Å²) in [6.07, 6.45) is 58.7. The van der Waals surface area contributed by atoms with Crippen LogP contribution in [0, 0.1) is 11.8 Å². The van der Waals surface area contributed by atoms with E-state index in [1.165, 1.54) is 296 Å². The number of hydrogen-bond donors (Lipinski definition) is 0. The van der Waals surface area contributed by atoms with Crippen molar-refractivity contribution in [1.82, 2.24) is 0 Å². The van der Waals surface area contributed by atoms with Gasteiger partial charge >= 0.3 is 0 Å². The van der Waals surface area contributed by atoms with Gasteiger partial charge in [0.05, 0.1) is 39.5 Å². The number of halogens is 2. The quantitative estimate of drug-likeness (QED) is 0.0282. The molecular weight excluding hydrogens is 1260 g/mol. The molecule has 2 atom stereocenters. The Bertz CT molecular complexity index is 2800. The molecule has 2 amide bonds. The number of carbonyl (C=O) groups excluding carboxylic acids is 2. The molecule has 0 bridgehead atoms. The summed E-state index contributed by atoms with van der Waals surface area (Å²) in [5, 5.41) is 2.45. The van der Waals surface area contributed by atoms with E-state index in [9.17, 15) is 0 Å². The monoisotopic (exact) mass is 1370 g/mol. The predicted molar refractivity (Wildman–Crippen MR) is 394 cm³/mol. The smallest absolute Gasteiger partial charge is 0.259 e. The van der Waals surface area contributed by atoms with E-state index in [0.29, 0.717) is 36.1 Å². The van der Waals surface area contributed by atoms with Crippen LogP contribution in [0.15, 0.2) is 44.0 Å². The number of fused-ring (bicyclic) bond motifs is 8. The number of unbranched alkanes of at least 4 members (excludes halogenated alkanes) is 32. The summed E-state index contributed by atoms with van der Waals surface area (Å²) >= 11 is 14.8. The molecule has 6 heterocycles. The van der Waals surface area contributed by atoms with Gasteiger partial charge < -0.3 is 9.80 Å². The summed E-state index contributed by atoms with van der Waals surface area (Å²) < 4.78 is 9.78. The van der Waals surface area contributed by atoms with Crippen molar-refractivity contribution in [2.75, 3.05) is 22.9 Å². The van der Waals surface area contributed by atoms with Crippen LogP contribution in [0.1, 0.15) is 321 Å². The Morgan fingerprint density at radius 3 is 0.884 bits per heavy atom. The molecule has 8 rings (SSSR count). The number of nitrogens with zero attached hydrogens (tertiary/aromatic N) is 2. The van der Waals surface area contributed by atoms with Crippen LogP contribution in [-0.4, -0.2) is 24.9 Å². The second kappa shape index (κ2) is 38.7. The predicted octanol–water partition coefficient (Wildman–Crippen LogP) is 28.2. The maximum Gasteiger partial charge on any atom is 0.259 e. The first-order valence-corrected chi connectivity index (χ1v) is 40.8. The van der Waals surface area contributed by atoms with E-state index < -0.39 is 0 Å². The van der Waals surface area contributed by atoms with Gasteiger partial charge in [-0.2, -0.15) is 0 Å². The highest BCUT2D eigenvalue weighted by Gasteiger charge is 2.43. The van der Waals surface area contributed by atoms with Gasteiger partial charge in [-0.15, -0.1) is 45.3 Å². The summed E-state index contributed by atoms with van der Waals surface area (Å²) in [6, 6.07) is 13.7. The van der Waals surface area contributed by atoms with Gasteiger partial charge in [-0.25, -0.2) is 0 Å². The normalized spacial score (nSPS) is 15.1. The Kier molecular flexibility index (Phi) is 31.4. The van der Waals surface area contributed by atoms with Crippen LogP contribution in [0.3, 0.4) is 0 Å². The van der Waals surface area contributed by atoms with Crippen LogP contribution < -0.4 is 9.80 Å². The van der Waals surface area contributed by atoms with Crippen LogP contribution in [0.2, 0.25) is 0 Å². The average molecular weight is 1370 g/mol. The third kappa shape index (κ3) is 20.5. The molecule has 0 N–H and O–H groups in total. The van der Waals surface area contributed by atoms with Crippen molar-refractivity contribution in [3.05, 3.63) is 55.1 Å². The second-order valence-electron chi connectivity index (χ2n) is 26.6. The third-order valence-electron chi connectivity index (χ3n) is 19.6. The van der Waals surface area contributed by atoms with Gasteiger partial charge in [0.2, 0.25) is 0 Å². The molecule has 2 unspecified atom stereocenters. The van der Waals surface area contributed by atoms with Crippen LogP contribution >= 0.6 is 77.2 Å². The van der Waals surface area contributed by atoms with Crippen molar-refractivity contribution in [3.63, 3.8) is 0 Å². The van der Waals surface area contributed by atoms with Gasteiger partial charge in [-0.05, 0) is 106 Å². The number of hydrogen-bond acceptors (Lipinski definition) is 6. The minimum atomic E-state index is 0.0184. The summed E-state index contributed by atoms with van der Waals surface area (Å²) in [6.45, 7) is 10.6. The zero-order valence-corrected chi connectivity index (χ0v) is 60.7. The molecule has 476 valence electrons. The van der Waals surface area contributed by atoms with E-state index in [2.05, 4.69) is 106 Å². The fourth-order valence-corrected chi connectivity index (χ4v) is 20.8. The molecule has 0 saturated carbocycles. The Morgan fingerprint density at radius 2 is 0.593 bits per heavy atom. The lowest BCUT2D eigenvalue weighted by Crippen LogP contribution is -2.30. The molecule has 10 heteroatoms. The standard InChI is InChI=1S/C76H112Br2N2O2S4/c1-5-9-13-17-21-25-27-31-35-39-45-57(43-37-33-29-23-19-15-11-7-3)47-41-49-79-63-51-61-65(83-67-55-69(77)85-73(61)67)53-59(63)71(75(79)81)72-60-54-66-62(74-68(84-66)56-70(78)86-74)52-64(60)80(76(72)82)50-42-48-58(44-38-34-30-24-20-16-12-8-4)46-40-36-32-28-26-22-18-14-10-6-2/h51-58H,5-50H2,1-4H3/b72-71+. The molecule has 0 aliphatic carbocycles. The van der Waals surface area contributed by atoms with Gasteiger partial charge in [-0.1, -0.05) is 285 Å². The van der Waals surface area contributed by atoms with E-state index in [4.69, 9.17) is 0 Å². The van der Waals surface area contributed by atoms with Crippen molar-refractivity contribution in [3.8, 4) is 0 Å². The van der Waals surface area contributed by atoms with Gasteiger partial charge in [0, 0.05) is 53.8 Å². The maximum atomic E-state index is 15.8. The molecular formula is C76H112Br2N2O2S4. The highest BCUT2D eigenvalue weighted by Crippen LogP contribution is 2.53. The van der Waals surface area contributed by atoms with E-state index >= 15 is 9.59 Å². The van der Waals surface area contributed by atoms with E-state index in [1.807, 2.05) is 22.7 Å². The Labute approximate surface area is 555 Å². The SMILES string of the molecule is CCCCCCCCCCCCC(CCCCCCCCCC)CCCN1C(=O)/C(=C2/C(=O)N(CCCC(CCCCCCCCCC)CCCCCCCCCCCC)c3cc4c(cc32)sc2cc(Br)sc24)c2cc3sc4cc(Br)sc4c3cc21. The lowest BCUT2D eigenvalue weighted by molar-refractivity contribution is -0.114. The van der Waals surface area contributed by atoms with Crippen LogP contribution in [0.5, 0.6) is 0 Å². The molecule has 0 saturated heterocycles. The van der Waals surface area contributed by atoms with Crippen molar-refractivity contribution in [2.45, 2.75) is 310 Å². The summed E-state index contributed by atoms with van der Waals surface area (Å²) in [5.74, 6) is 1.42. The summed E-state index contributed by atoms with van der Waals surface area (Å²) in [7, 11) is 0. The molecule has 86 heavy (non-hydrogen) atoms. The van der Waals surface area contributed by atoms with Gasteiger partial charge in [-0.3, -0.25) is 9.59 Å². The minimum Gasteiger partial charge on any atom is -0.308 e. The maximum absolute atomic E-state index is 15.8. The number of thiophene rings is 4. The Morgan fingerprint density at radius 1 is 0.326 bits per heavy atom. The molecule has 2 aromatic carbocycles. The third-order valence-corrected chi connectivity index (χ3v) is 25.4. The largest absolute Gasteiger partial charge is 0.308 e. The molecule has 0 radical (unpaired) electrons. The molecule has 2 aliphatic heterocycles. The lowest BCUT2D eigenvalue weighted by atomic mass is 9.90. The van der Waals surface area contributed by atoms with Crippen molar-refractivity contribution in [2.24, 2.45) is 11.8 Å². The number of benzene rings is 2. The number of amides is 2. The molecule has 6 aromatic rings. The van der Waals surface area contributed by atoms with Crippen molar-refractivity contribution >= 4 is 151 Å². The first-order chi connectivity index (χ1) is 42.2. The second-order valence-corrected chi connectivity index (χ2v) is 33.6. The zero-order valence-electron chi connectivity index (χ0n) is 54.2. The minimum absolute atomic E-state index is 0.0184. The van der Waals surface area contributed by atoms with Crippen LogP contribution in [0.25, 0.3) is 50.1 Å². The molecule has 0 spiro atoms. The molecule has 0 fully saturated rings. The fraction of sp³-hybridized carbons (Fsp3) is 0.684. The van der Waals surface area contributed by atoms with Gasteiger partial charge in [0.1, 0.15) is 0 Å². The Hall–Kier alpha value is -2.08. The average Bonchev–Trinajstić information content (AvgIpc) is 1.59. The number of rotatable bonds is 48. The summed E-state index contributed by atoms with van der Waals surface area (Å²) in [5.41, 5.74) is 5.15. The van der Waals surface area contributed by atoms with Crippen LogP contribution in [0.4, 0.5) is 11.4 Å². The first-order valence-electron chi connectivity index (χ1n) is 35.9. The highest BCUT2D eigenvalue weighted by atomic mass is 79.9. The topological polar surface area (TPSA) is 40.6 Å². The van der Waals surface area contributed by atoms with E-state index in [-0.39, 0.29) is 11.8 Å². The van der Waals surface area contributed by atoms with Gasteiger partial charge in [0.25, 0.3) is 11.8 Å².